The van der Waals surface area contributed by atoms with Crippen molar-refractivity contribution in [1.82, 2.24) is 9.88 Å². The van der Waals surface area contributed by atoms with E-state index in [-0.39, 0.29) is 11.9 Å². The van der Waals surface area contributed by atoms with E-state index in [0.29, 0.717) is 0 Å². The fourth-order valence-electron chi connectivity index (χ4n) is 2.53. The van der Waals surface area contributed by atoms with E-state index in [2.05, 4.69) is 18.8 Å². The summed E-state index contributed by atoms with van der Waals surface area (Å²) in [5.74, 6) is 0.879. The first-order chi connectivity index (χ1) is 9.16. The van der Waals surface area contributed by atoms with E-state index in [0.717, 1.165) is 28.9 Å². The second kappa shape index (κ2) is 4.72. The Labute approximate surface area is 113 Å². The molecule has 0 bridgehead atoms. The topological polar surface area (TPSA) is 36.1 Å². The van der Waals surface area contributed by atoms with Crippen LogP contribution in [0.25, 0.3) is 10.9 Å². The van der Waals surface area contributed by atoms with E-state index >= 15 is 0 Å². The average molecular weight is 256 g/mol. The second-order valence-electron chi connectivity index (χ2n) is 5.74. The van der Waals surface area contributed by atoms with Crippen molar-refractivity contribution in [3.63, 3.8) is 0 Å². The Morgan fingerprint density at radius 3 is 2.84 bits per heavy atom. The maximum atomic E-state index is 12.8. The molecule has 0 atom stereocenters. The monoisotopic (exact) mass is 256 g/mol. The van der Waals surface area contributed by atoms with Crippen LogP contribution in [0.4, 0.5) is 0 Å². The summed E-state index contributed by atoms with van der Waals surface area (Å²) in [5.41, 5.74) is 1.84. The Balaban J connectivity index is 1.94. The van der Waals surface area contributed by atoms with Crippen molar-refractivity contribution in [1.29, 1.82) is 0 Å². The van der Waals surface area contributed by atoms with Gasteiger partial charge in [0.25, 0.3) is 5.91 Å². The van der Waals surface area contributed by atoms with Crippen molar-refractivity contribution in [2.45, 2.75) is 32.7 Å². The summed E-state index contributed by atoms with van der Waals surface area (Å²) in [6, 6.07) is 8.12. The van der Waals surface area contributed by atoms with E-state index < -0.39 is 0 Å². The van der Waals surface area contributed by atoms with Crippen molar-refractivity contribution in [3.05, 3.63) is 36.0 Å². The summed E-state index contributed by atoms with van der Waals surface area (Å²) in [5, 5.41) is 1.02. The van der Waals surface area contributed by atoms with Crippen molar-refractivity contribution < 1.29 is 4.79 Å². The predicted octanol–water partition coefficient (Wildman–Crippen LogP) is 3.43. The normalized spacial score (nSPS) is 15.1. The van der Waals surface area contributed by atoms with Crippen LogP contribution in [0.3, 0.4) is 0 Å². The van der Waals surface area contributed by atoms with E-state index in [1.54, 1.807) is 0 Å². The molecule has 1 aromatic heterocycles. The predicted molar refractivity (Wildman–Crippen MR) is 77.2 cm³/mol. The van der Waals surface area contributed by atoms with Crippen LogP contribution in [0.1, 0.15) is 37.0 Å². The number of carbonyl (C=O) groups is 1. The highest BCUT2D eigenvalue weighted by Crippen LogP contribution is 2.31. The molecule has 3 rings (SSSR count). The third-order valence-electron chi connectivity index (χ3n) is 3.86. The van der Waals surface area contributed by atoms with E-state index in [1.165, 1.54) is 12.8 Å². The SMILES string of the molecule is CC(C)N(CC1CC1)C(=O)c1cccc2[nH]ccc12. The standard InChI is InChI=1S/C16H20N2O/c1-11(2)18(10-12-6-7-12)16(19)14-4-3-5-15-13(14)8-9-17-15/h3-5,8-9,11-12,17H,6-7,10H2,1-2H3. The Bertz CT molecular complexity index is 596. The second-order valence-corrected chi connectivity index (χ2v) is 5.74. The van der Waals surface area contributed by atoms with Gasteiger partial charge in [-0.2, -0.15) is 0 Å². The number of nitrogens with one attached hydrogen (secondary N) is 1. The van der Waals surface area contributed by atoms with Gasteiger partial charge in [0.2, 0.25) is 0 Å². The maximum Gasteiger partial charge on any atom is 0.254 e. The molecule has 0 radical (unpaired) electrons. The van der Waals surface area contributed by atoms with Crippen LogP contribution in [-0.4, -0.2) is 28.4 Å². The molecule has 3 nitrogen and oxygen atoms in total. The number of aromatic amines is 1. The molecule has 1 saturated carbocycles. The fraction of sp³-hybridized carbons (Fsp3) is 0.438. The third-order valence-corrected chi connectivity index (χ3v) is 3.86. The zero-order valence-electron chi connectivity index (χ0n) is 11.5. The lowest BCUT2D eigenvalue weighted by Crippen LogP contribution is -2.38. The van der Waals surface area contributed by atoms with Gasteiger partial charge in [0, 0.05) is 35.2 Å². The van der Waals surface area contributed by atoms with Crippen LogP contribution in [0.5, 0.6) is 0 Å². The number of benzene rings is 1. The van der Waals surface area contributed by atoms with Crippen molar-refractivity contribution in [3.8, 4) is 0 Å². The number of nitrogens with zero attached hydrogens (tertiary/aromatic N) is 1. The molecule has 0 spiro atoms. The third kappa shape index (κ3) is 2.37. The van der Waals surface area contributed by atoms with Crippen LogP contribution in [0.2, 0.25) is 0 Å². The minimum atomic E-state index is 0.159. The first-order valence-corrected chi connectivity index (χ1v) is 7.04. The summed E-state index contributed by atoms with van der Waals surface area (Å²) >= 11 is 0. The molecule has 1 N–H and O–H groups in total. The number of carbonyl (C=O) groups excluding carboxylic acids is 1. The summed E-state index contributed by atoms with van der Waals surface area (Å²) in [6.07, 6.45) is 4.43. The van der Waals surface area contributed by atoms with Gasteiger partial charge in [-0.15, -0.1) is 0 Å². The average Bonchev–Trinajstić information content (AvgIpc) is 3.08. The Morgan fingerprint density at radius 2 is 2.16 bits per heavy atom. The van der Waals surface area contributed by atoms with Crippen molar-refractivity contribution in [2.24, 2.45) is 5.92 Å². The Hall–Kier alpha value is -1.77. The number of aromatic nitrogens is 1. The van der Waals surface area contributed by atoms with E-state index in [4.69, 9.17) is 0 Å². The molecular weight excluding hydrogens is 236 g/mol. The molecule has 1 aliphatic carbocycles. The van der Waals surface area contributed by atoms with Crippen LogP contribution < -0.4 is 0 Å². The molecule has 3 heteroatoms. The minimum absolute atomic E-state index is 0.159. The van der Waals surface area contributed by atoms with Gasteiger partial charge in [0.15, 0.2) is 0 Å². The molecule has 2 aromatic rings. The molecule has 0 unspecified atom stereocenters. The first-order valence-electron chi connectivity index (χ1n) is 7.04. The number of H-pyrrole nitrogens is 1. The smallest absolute Gasteiger partial charge is 0.254 e. The van der Waals surface area contributed by atoms with Crippen molar-refractivity contribution >= 4 is 16.8 Å². The molecule has 1 heterocycles. The maximum absolute atomic E-state index is 12.8. The summed E-state index contributed by atoms with van der Waals surface area (Å²) in [7, 11) is 0. The highest BCUT2D eigenvalue weighted by atomic mass is 16.2. The molecule has 1 aromatic carbocycles. The zero-order valence-corrected chi connectivity index (χ0v) is 11.5. The first kappa shape index (κ1) is 12.3. The van der Waals surface area contributed by atoms with Gasteiger partial charge in [-0.05, 0) is 50.8 Å². The molecular formula is C16H20N2O. The van der Waals surface area contributed by atoms with E-state index in [9.17, 15) is 4.79 Å². The molecule has 0 saturated heterocycles. The van der Waals surface area contributed by atoms with Gasteiger partial charge in [0.05, 0.1) is 0 Å². The number of amides is 1. The lowest BCUT2D eigenvalue weighted by Gasteiger charge is -2.27. The van der Waals surface area contributed by atoms with Crippen LogP contribution in [0.15, 0.2) is 30.5 Å². The fourth-order valence-corrected chi connectivity index (χ4v) is 2.53. The largest absolute Gasteiger partial charge is 0.361 e. The van der Waals surface area contributed by atoms with Gasteiger partial charge < -0.3 is 9.88 Å². The van der Waals surface area contributed by atoms with Gasteiger partial charge in [-0.3, -0.25) is 4.79 Å². The van der Waals surface area contributed by atoms with E-state index in [1.807, 2.05) is 35.4 Å². The number of hydrogen-bond donors (Lipinski definition) is 1. The Morgan fingerprint density at radius 1 is 1.37 bits per heavy atom. The molecule has 19 heavy (non-hydrogen) atoms. The highest BCUT2D eigenvalue weighted by Gasteiger charge is 2.29. The van der Waals surface area contributed by atoms with Crippen LogP contribution in [0, 0.1) is 5.92 Å². The lowest BCUT2D eigenvalue weighted by atomic mass is 10.1. The van der Waals surface area contributed by atoms with Gasteiger partial charge >= 0.3 is 0 Å². The zero-order chi connectivity index (χ0) is 13.4. The molecule has 1 aliphatic rings. The highest BCUT2D eigenvalue weighted by molar-refractivity contribution is 6.06. The number of hydrogen-bond acceptors (Lipinski definition) is 1. The Kier molecular flexibility index (Phi) is 3.05. The molecule has 0 aliphatic heterocycles. The van der Waals surface area contributed by atoms with Crippen LogP contribution in [-0.2, 0) is 0 Å². The summed E-state index contributed by atoms with van der Waals surface area (Å²) in [6.45, 7) is 5.09. The molecule has 100 valence electrons. The van der Waals surface area contributed by atoms with Gasteiger partial charge in [0.1, 0.15) is 0 Å². The summed E-state index contributed by atoms with van der Waals surface area (Å²) < 4.78 is 0. The number of fused-ring (bicyclic) bond motifs is 1. The quantitative estimate of drug-likeness (QED) is 0.894. The van der Waals surface area contributed by atoms with Crippen molar-refractivity contribution in [2.75, 3.05) is 6.54 Å². The van der Waals surface area contributed by atoms with Gasteiger partial charge in [-0.1, -0.05) is 6.07 Å². The van der Waals surface area contributed by atoms with Gasteiger partial charge in [-0.25, -0.2) is 0 Å². The van der Waals surface area contributed by atoms with Crippen LogP contribution >= 0.6 is 0 Å². The summed E-state index contributed by atoms with van der Waals surface area (Å²) in [4.78, 5) is 18.0. The lowest BCUT2D eigenvalue weighted by molar-refractivity contribution is 0.0698. The number of rotatable bonds is 4. The molecule has 1 fully saturated rings. The minimum Gasteiger partial charge on any atom is -0.361 e. The molecule has 1 amide bonds.